The van der Waals surface area contributed by atoms with E-state index >= 15 is 0 Å². The molecule has 1 aromatic carbocycles. The molecule has 1 aliphatic heterocycles. The van der Waals surface area contributed by atoms with E-state index in [1.807, 2.05) is 6.92 Å². The molecule has 126 valence electrons. The van der Waals surface area contributed by atoms with E-state index in [0.29, 0.717) is 24.5 Å². The van der Waals surface area contributed by atoms with Gasteiger partial charge < -0.3 is 14.4 Å². The van der Waals surface area contributed by atoms with Crippen LogP contribution in [0.4, 0.5) is 4.39 Å². The summed E-state index contributed by atoms with van der Waals surface area (Å²) in [7, 11) is 0. The highest BCUT2D eigenvalue weighted by atomic mass is 19.1. The van der Waals surface area contributed by atoms with Crippen LogP contribution in [0.2, 0.25) is 0 Å². The molecule has 1 aromatic heterocycles. The first kappa shape index (κ1) is 16.4. The summed E-state index contributed by atoms with van der Waals surface area (Å²) in [5, 5.41) is 9.31. The van der Waals surface area contributed by atoms with E-state index in [0.717, 1.165) is 5.56 Å². The lowest BCUT2D eigenvalue weighted by Gasteiger charge is -2.19. The molecule has 6 heteroatoms. The Hall–Kier alpha value is -2.47. The zero-order chi connectivity index (χ0) is 17.3. The molecule has 1 aliphatic rings. The minimum absolute atomic E-state index is 0.0858. The Morgan fingerprint density at radius 1 is 1.33 bits per heavy atom. The molecule has 0 aliphatic carbocycles. The SMILES string of the molecule is C[C@@H](CC(=O)c1cc(C(=O)O)c2n1CCOC2)c1ccc(F)cc1. The molecule has 0 radical (unpaired) electrons. The number of carbonyl (C=O) groups excluding carboxylic acids is 1. The van der Waals surface area contributed by atoms with E-state index in [-0.39, 0.29) is 36.1 Å². The number of Topliss-reactive ketones (excluding diaryl/α,β-unsaturated/α-hetero) is 1. The van der Waals surface area contributed by atoms with Gasteiger partial charge in [-0.15, -0.1) is 0 Å². The molecule has 5 nitrogen and oxygen atoms in total. The van der Waals surface area contributed by atoms with Crippen molar-refractivity contribution in [2.45, 2.75) is 32.4 Å². The van der Waals surface area contributed by atoms with E-state index in [1.54, 1.807) is 16.7 Å². The van der Waals surface area contributed by atoms with Gasteiger partial charge in [0.1, 0.15) is 5.82 Å². The highest BCUT2D eigenvalue weighted by molar-refractivity contribution is 5.99. The normalized spacial score (nSPS) is 14.9. The summed E-state index contributed by atoms with van der Waals surface area (Å²) in [4.78, 5) is 24.0. The summed E-state index contributed by atoms with van der Waals surface area (Å²) in [5.41, 5.74) is 1.93. The number of fused-ring (bicyclic) bond motifs is 1. The van der Waals surface area contributed by atoms with Gasteiger partial charge in [-0.1, -0.05) is 19.1 Å². The summed E-state index contributed by atoms with van der Waals surface area (Å²) < 4.78 is 20.1. The summed E-state index contributed by atoms with van der Waals surface area (Å²) in [6.45, 7) is 3.01. The lowest BCUT2D eigenvalue weighted by atomic mass is 9.94. The molecule has 0 spiro atoms. The number of carboxylic acids is 1. The fraction of sp³-hybridized carbons (Fsp3) is 0.333. The van der Waals surface area contributed by atoms with Gasteiger partial charge in [0.25, 0.3) is 0 Å². The zero-order valence-electron chi connectivity index (χ0n) is 13.3. The Bertz CT molecular complexity index is 779. The number of hydrogen-bond donors (Lipinski definition) is 1. The van der Waals surface area contributed by atoms with E-state index in [1.165, 1.54) is 18.2 Å². The van der Waals surface area contributed by atoms with Gasteiger partial charge in [0.05, 0.1) is 30.2 Å². The minimum atomic E-state index is -1.06. The fourth-order valence-electron chi connectivity index (χ4n) is 3.03. The predicted molar refractivity (Wildman–Crippen MR) is 84.8 cm³/mol. The maximum atomic E-state index is 13.0. The van der Waals surface area contributed by atoms with Gasteiger partial charge >= 0.3 is 5.97 Å². The number of hydrogen-bond acceptors (Lipinski definition) is 3. The molecule has 2 aromatic rings. The van der Waals surface area contributed by atoms with Crippen molar-refractivity contribution >= 4 is 11.8 Å². The van der Waals surface area contributed by atoms with E-state index in [2.05, 4.69) is 0 Å². The van der Waals surface area contributed by atoms with Gasteiger partial charge in [-0.2, -0.15) is 0 Å². The van der Waals surface area contributed by atoms with Gasteiger partial charge in [0.15, 0.2) is 5.78 Å². The fourth-order valence-corrected chi connectivity index (χ4v) is 3.03. The van der Waals surface area contributed by atoms with Crippen molar-refractivity contribution in [1.82, 2.24) is 4.57 Å². The van der Waals surface area contributed by atoms with E-state index < -0.39 is 5.97 Å². The molecular formula is C18H18FNO4. The molecule has 0 fully saturated rings. The Labute approximate surface area is 138 Å². The van der Waals surface area contributed by atoms with Crippen molar-refractivity contribution in [2.75, 3.05) is 6.61 Å². The van der Waals surface area contributed by atoms with Crippen LogP contribution in [0.15, 0.2) is 30.3 Å². The van der Waals surface area contributed by atoms with Crippen molar-refractivity contribution in [3.05, 3.63) is 58.7 Å². The first-order valence-corrected chi connectivity index (χ1v) is 7.79. The summed E-state index contributed by atoms with van der Waals surface area (Å²) in [5.74, 6) is -1.58. The molecule has 1 N–H and O–H groups in total. The maximum absolute atomic E-state index is 13.0. The summed E-state index contributed by atoms with van der Waals surface area (Å²) in [6, 6.07) is 7.51. The quantitative estimate of drug-likeness (QED) is 0.854. The second-order valence-corrected chi connectivity index (χ2v) is 5.98. The standard InChI is InChI=1S/C18H18FNO4/c1-11(12-2-4-13(19)5-3-12)8-17(21)15-9-14(18(22)23)16-10-24-7-6-20(15)16/h2-5,9,11H,6-8,10H2,1H3,(H,22,23)/t11-/m0/s1. The maximum Gasteiger partial charge on any atom is 0.337 e. The van der Waals surface area contributed by atoms with Crippen molar-refractivity contribution in [2.24, 2.45) is 0 Å². The lowest BCUT2D eigenvalue weighted by Crippen LogP contribution is -2.21. The molecular weight excluding hydrogens is 313 g/mol. The van der Waals surface area contributed by atoms with Crippen LogP contribution in [-0.2, 0) is 17.9 Å². The number of carboxylic acid groups (broad SMARTS) is 1. The summed E-state index contributed by atoms with van der Waals surface area (Å²) >= 11 is 0. The van der Waals surface area contributed by atoms with Crippen LogP contribution < -0.4 is 0 Å². The average molecular weight is 331 g/mol. The number of rotatable bonds is 5. The average Bonchev–Trinajstić information content (AvgIpc) is 2.95. The number of halogens is 1. The molecule has 3 rings (SSSR count). The van der Waals surface area contributed by atoms with Crippen LogP contribution in [0, 0.1) is 5.82 Å². The van der Waals surface area contributed by atoms with Crippen LogP contribution in [0.25, 0.3) is 0 Å². The van der Waals surface area contributed by atoms with Gasteiger partial charge in [0.2, 0.25) is 0 Å². The number of aromatic nitrogens is 1. The third-order valence-electron chi connectivity index (χ3n) is 4.35. The van der Waals surface area contributed by atoms with Gasteiger partial charge in [-0.25, -0.2) is 9.18 Å². The Morgan fingerprint density at radius 2 is 2.04 bits per heavy atom. The Balaban J connectivity index is 1.85. The van der Waals surface area contributed by atoms with Gasteiger partial charge in [0, 0.05) is 13.0 Å². The summed E-state index contributed by atoms with van der Waals surface area (Å²) in [6.07, 6.45) is 0.231. The first-order valence-electron chi connectivity index (χ1n) is 7.79. The molecule has 0 amide bonds. The zero-order valence-corrected chi connectivity index (χ0v) is 13.3. The van der Waals surface area contributed by atoms with Crippen molar-refractivity contribution in [3.8, 4) is 0 Å². The number of ketones is 1. The van der Waals surface area contributed by atoms with Crippen LogP contribution in [-0.4, -0.2) is 28.0 Å². The van der Waals surface area contributed by atoms with Gasteiger partial charge in [-0.05, 0) is 29.7 Å². The lowest BCUT2D eigenvalue weighted by molar-refractivity contribution is 0.0657. The third kappa shape index (κ3) is 3.10. The highest BCUT2D eigenvalue weighted by Gasteiger charge is 2.26. The smallest absolute Gasteiger partial charge is 0.337 e. The molecule has 1 atom stereocenters. The molecule has 0 bridgehead atoms. The van der Waals surface area contributed by atoms with E-state index in [9.17, 15) is 19.1 Å². The van der Waals surface area contributed by atoms with Crippen molar-refractivity contribution in [1.29, 1.82) is 0 Å². The topological polar surface area (TPSA) is 68.5 Å². The second kappa shape index (κ2) is 6.57. The predicted octanol–water partition coefficient (Wildman–Crippen LogP) is 3.23. The Kier molecular flexibility index (Phi) is 4.49. The van der Waals surface area contributed by atoms with Crippen LogP contribution in [0.1, 0.15) is 51.4 Å². The first-order chi connectivity index (χ1) is 11.5. The van der Waals surface area contributed by atoms with Crippen molar-refractivity contribution < 1.29 is 23.8 Å². The van der Waals surface area contributed by atoms with Crippen LogP contribution in [0.5, 0.6) is 0 Å². The molecule has 0 saturated carbocycles. The number of ether oxygens (including phenoxy) is 1. The second-order valence-electron chi connectivity index (χ2n) is 5.98. The van der Waals surface area contributed by atoms with Crippen LogP contribution in [0.3, 0.4) is 0 Å². The largest absolute Gasteiger partial charge is 0.478 e. The number of benzene rings is 1. The molecule has 2 heterocycles. The van der Waals surface area contributed by atoms with Crippen molar-refractivity contribution in [3.63, 3.8) is 0 Å². The van der Waals surface area contributed by atoms with Gasteiger partial charge in [-0.3, -0.25) is 4.79 Å². The van der Waals surface area contributed by atoms with E-state index in [4.69, 9.17) is 4.74 Å². The van der Waals surface area contributed by atoms with Crippen LogP contribution >= 0.6 is 0 Å². The number of aromatic carboxylic acids is 1. The minimum Gasteiger partial charge on any atom is -0.478 e. The highest BCUT2D eigenvalue weighted by Crippen LogP contribution is 2.26. The molecule has 0 saturated heterocycles. The number of carbonyl (C=O) groups is 2. The number of nitrogens with zero attached hydrogens (tertiary/aromatic N) is 1. The monoisotopic (exact) mass is 331 g/mol. The Morgan fingerprint density at radius 3 is 2.71 bits per heavy atom. The third-order valence-corrected chi connectivity index (χ3v) is 4.35. The molecule has 24 heavy (non-hydrogen) atoms. The molecule has 0 unspecified atom stereocenters.